The lowest BCUT2D eigenvalue weighted by molar-refractivity contribution is -0.903. The zero-order valence-corrected chi connectivity index (χ0v) is 13.8. The van der Waals surface area contributed by atoms with E-state index in [1.807, 2.05) is 31.2 Å². The molecule has 0 aliphatic carbocycles. The van der Waals surface area contributed by atoms with Gasteiger partial charge in [-0.1, -0.05) is 0 Å². The van der Waals surface area contributed by atoms with E-state index in [1.165, 1.54) is 32.5 Å². The Balaban J connectivity index is 1.76. The number of benzene rings is 1. The van der Waals surface area contributed by atoms with Crippen molar-refractivity contribution < 1.29 is 9.64 Å². The van der Waals surface area contributed by atoms with E-state index in [2.05, 4.69) is 17.6 Å². The first kappa shape index (κ1) is 16.0. The molecule has 0 spiro atoms. The van der Waals surface area contributed by atoms with Crippen molar-refractivity contribution in [1.29, 1.82) is 0 Å². The summed E-state index contributed by atoms with van der Waals surface area (Å²) in [7, 11) is 0. The highest BCUT2D eigenvalue weighted by Gasteiger charge is 2.21. The van der Waals surface area contributed by atoms with Crippen molar-refractivity contribution in [1.82, 2.24) is 5.32 Å². The van der Waals surface area contributed by atoms with Crippen LogP contribution in [0.1, 0.15) is 26.7 Å². The second kappa shape index (κ2) is 8.20. The maximum Gasteiger partial charge on any atom is 0.171 e. The Morgan fingerprint density at radius 2 is 1.90 bits per heavy atom. The molecule has 3 N–H and O–H groups in total. The molecule has 1 aromatic rings. The molecule has 2 rings (SSSR count). The van der Waals surface area contributed by atoms with Crippen molar-refractivity contribution in [3.63, 3.8) is 0 Å². The van der Waals surface area contributed by atoms with Crippen LogP contribution in [0.4, 0.5) is 5.69 Å². The number of anilines is 1. The Hall–Kier alpha value is -1.33. The van der Waals surface area contributed by atoms with E-state index in [4.69, 9.17) is 17.0 Å². The molecule has 0 amide bonds. The van der Waals surface area contributed by atoms with Gasteiger partial charge in [-0.15, -0.1) is 0 Å². The van der Waals surface area contributed by atoms with Crippen LogP contribution in [0.2, 0.25) is 0 Å². The minimum Gasteiger partial charge on any atom is -0.494 e. The largest absolute Gasteiger partial charge is 0.494 e. The lowest BCUT2D eigenvalue weighted by Gasteiger charge is -2.29. The molecule has 1 saturated heterocycles. The Labute approximate surface area is 132 Å². The molecular weight excluding hydrogens is 282 g/mol. The number of hydrogen-bond acceptors (Lipinski definition) is 2. The molecule has 1 aliphatic rings. The molecule has 0 aromatic heterocycles. The van der Waals surface area contributed by atoms with Crippen LogP contribution in [0, 0.1) is 0 Å². The van der Waals surface area contributed by atoms with Crippen molar-refractivity contribution in [2.24, 2.45) is 0 Å². The van der Waals surface area contributed by atoms with Crippen LogP contribution < -0.4 is 20.3 Å². The highest BCUT2D eigenvalue weighted by molar-refractivity contribution is 7.80. The summed E-state index contributed by atoms with van der Waals surface area (Å²) >= 11 is 5.40. The number of piperidine rings is 1. The van der Waals surface area contributed by atoms with E-state index in [1.54, 1.807) is 4.90 Å². The summed E-state index contributed by atoms with van der Waals surface area (Å²) in [5.41, 5.74) is 0.993. The standard InChI is InChI=1S/C16H25N3OS/c1-3-19-11-9-14(10-12-19)18-16(21)17-13-5-7-15(8-6-13)20-4-2/h5-8,14H,3-4,9-12H2,1-2H3,(H2,17,18,21)/p+1. The van der Waals surface area contributed by atoms with Gasteiger partial charge < -0.3 is 20.3 Å². The molecule has 5 heteroatoms. The molecule has 21 heavy (non-hydrogen) atoms. The second-order valence-corrected chi connectivity index (χ2v) is 5.84. The third kappa shape index (κ3) is 5.17. The number of thiocarbonyl (C=S) groups is 1. The Kier molecular flexibility index (Phi) is 6.26. The fraction of sp³-hybridized carbons (Fsp3) is 0.562. The van der Waals surface area contributed by atoms with Crippen LogP contribution >= 0.6 is 12.2 Å². The van der Waals surface area contributed by atoms with Gasteiger partial charge >= 0.3 is 0 Å². The molecular formula is C16H26N3OS+. The van der Waals surface area contributed by atoms with Crippen LogP contribution in [0.15, 0.2) is 24.3 Å². The fourth-order valence-corrected chi connectivity index (χ4v) is 2.96. The van der Waals surface area contributed by atoms with Crippen LogP contribution in [0.25, 0.3) is 0 Å². The second-order valence-electron chi connectivity index (χ2n) is 5.43. The molecule has 0 atom stereocenters. The van der Waals surface area contributed by atoms with Crippen molar-refractivity contribution in [3.05, 3.63) is 24.3 Å². The third-order valence-corrected chi connectivity index (χ3v) is 4.17. The summed E-state index contributed by atoms with van der Waals surface area (Å²) in [6.45, 7) is 8.62. The van der Waals surface area contributed by atoms with Crippen LogP contribution in [0.3, 0.4) is 0 Å². The monoisotopic (exact) mass is 308 g/mol. The van der Waals surface area contributed by atoms with E-state index in [0.717, 1.165) is 11.4 Å². The molecule has 1 aliphatic heterocycles. The van der Waals surface area contributed by atoms with Crippen LogP contribution in [-0.2, 0) is 0 Å². The lowest BCUT2D eigenvalue weighted by Crippen LogP contribution is -3.13. The quantitative estimate of drug-likeness (QED) is 0.720. The van der Waals surface area contributed by atoms with E-state index in [0.29, 0.717) is 17.8 Å². The topological polar surface area (TPSA) is 37.7 Å². The van der Waals surface area contributed by atoms with E-state index in [-0.39, 0.29) is 0 Å². The van der Waals surface area contributed by atoms with Gasteiger partial charge in [-0.05, 0) is 50.3 Å². The van der Waals surface area contributed by atoms with Gasteiger partial charge in [0.2, 0.25) is 0 Å². The maximum absolute atomic E-state index is 5.43. The van der Waals surface area contributed by atoms with E-state index in [9.17, 15) is 0 Å². The third-order valence-electron chi connectivity index (χ3n) is 3.95. The molecule has 0 saturated carbocycles. The van der Waals surface area contributed by atoms with E-state index < -0.39 is 0 Å². The first-order valence-electron chi connectivity index (χ1n) is 7.85. The molecule has 1 heterocycles. The van der Waals surface area contributed by atoms with Gasteiger partial charge in [0.15, 0.2) is 5.11 Å². The number of nitrogens with one attached hydrogen (secondary N) is 3. The average Bonchev–Trinajstić information content (AvgIpc) is 2.50. The summed E-state index contributed by atoms with van der Waals surface area (Å²) in [6, 6.07) is 8.39. The summed E-state index contributed by atoms with van der Waals surface area (Å²) in [4.78, 5) is 1.69. The fourth-order valence-electron chi connectivity index (χ4n) is 2.68. The first-order valence-corrected chi connectivity index (χ1v) is 8.26. The maximum atomic E-state index is 5.43. The van der Waals surface area contributed by atoms with E-state index >= 15 is 0 Å². The van der Waals surface area contributed by atoms with Crippen molar-refractivity contribution >= 4 is 23.0 Å². The molecule has 0 radical (unpaired) electrons. The van der Waals surface area contributed by atoms with Gasteiger partial charge in [0.05, 0.1) is 26.2 Å². The first-order chi connectivity index (χ1) is 10.2. The molecule has 1 fully saturated rings. The molecule has 116 valence electrons. The van der Waals surface area contributed by atoms with Crippen LogP contribution in [0.5, 0.6) is 5.75 Å². The number of ether oxygens (including phenoxy) is 1. The van der Waals surface area contributed by atoms with Crippen molar-refractivity contribution in [2.45, 2.75) is 32.7 Å². The van der Waals surface area contributed by atoms with Gasteiger partial charge in [-0.3, -0.25) is 0 Å². The Morgan fingerprint density at radius 3 is 2.48 bits per heavy atom. The Morgan fingerprint density at radius 1 is 1.24 bits per heavy atom. The smallest absolute Gasteiger partial charge is 0.171 e. The molecule has 4 nitrogen and oxygen atoms in total. The van der Waals surface area contributed by atoms with Gasteiger partial charge in [-0.25, -0.2) is 0 Å². The van der Waals surface area contributed by atoms with Gasteiger partial charge in [0, 0.05) is 24.6 Å². The highest BCUT2D eigenvalue weighted by Crippen LogP contribution is 2.15. The Bertz CT molecular complexity index is 441. The average molecular weight is 308 g/mol. The predicted octanol–water partition coefficient (Wildman–Crippen LogP) is 1.44. The molecule has 1 aromatic carbocycles. The summed E-state index contributed by atoms with van der Waals surface area (Å²) in [5, 5.41) is 7.38. The van der Waals surface area contributed by atoms with Crippen LogP contribution in [-0.4, -0.2) is 37.4 Å². The zero-order valence-electron chi connectivity index (χ0n) is 12.9. The number of hydrogen-bond donors (Lipinski definition) is 3. The minimum atomic E-state index is 0.503. The predicted molar refractivity (Wildman–Crippen MR) is 91.2 cm³/mol. The minimum absolute atomic E-state index is 0.503. The normalized spacial score (nSPS) is 21.6. The summed E-state index contributed by atoms with van der Waals surface area (Å²) < 4.78 is 5.43. The lowest BCUT2D eigenvalue weighted by atomic mass is 10.1. The van der Waals surface area contributed by atoms with Gasteiger partial charge in [0.25, 0.3) is 0 Å². The zero-order chi connectivity index (χ0) is 15.1. The van der Waals surface area contributed by atoms with Gasteiger partial charge in [0.1, 0.15) is 5.75 Å². The SMILES string of the molecule is CCOc1ccc(NC(=S)NC2CC[NH+](CC)CC2)cc1. The molecule has 0 unspecified atom stereocenters. The number of likely N-dealkylation sites (tertiary alicyclic amines) is 1. The number of quaternary nitrogens is 1. The summed E-state index contributed by atoms with van der Waals surface area (Å²) in [6.07, 6.45) is 2.38. The molecule has 0 bridgehead atoms. The van der Waals surface area contributed by atoms with Gasteiger partial charge in [-0.2, -0.15) is 0 Å². The van der Waals surface area contributed by atoms with Crippen molar-refractivity contribution in [3.8, 4) is 5.75 Å². The summed E-state index contributed by atoms with van der Waals surface area (Å²) in [5.74, 6) is 0.886. The van der Waals surface area contributed by atoms with Crippen molar-refractivity contribution in [2.75, 3.05) is 31.6 Å². The number of rotatable bonds is 5. The highest BCUT2D eigenvalue weighted by atomic mass is 32.1.